The molecule has 0 aromatic carbocycles. The van der Waals surface area contributed by atoms with E-state index in [1.807, 2.05) is 5.32 Å². The van der Waals surface area contributed by atoms with Crippen molar-refractivity contribution in [2.75, 3.05) is 7.05 Å². The Labute approximate surface area is 73.2 Å². The highest BCUT2D eigenvalue weighted by Crippen LogP contribution is 2.26. The van der Waals surface area contributed by atoms with Crippen LogP contribution in [0.1, 0.15) is 13.3 Å². The van der Waals surface area contributed by atoms with Crippen molar-refractivity contribution in [2.24, 2.45) is 0 Å². The highest BCUT2D eigenvalue weighted by molar-refractivity contribution is 5.87. The summed E-state index contributed by atoms with van der Waals surface area (Å²) in [7, 11) is 1.04. The Morgan fingerprint density at radius 1 is 1.46 bits per heavy atom. The zero-order valence-electron chi connectivity index (χ0n) is 7.20. The molecule has 0 aliphatic heterocycles. The van der Waals surface area contributed by atoms with Gasteiger partial charge in [-0.25, -0.2) is 4.79 Å². The van der Waals surface area contributed by atoms with Crippen molar-refractivity contribution in [2.45, 2.75) is 19.5 Å². The summed E-state index contributed by atoms with van der Waals surface area (Å²) in [5, 5.41) is 10.3. The fourth-order valence-electron chi connectivity index (χ4n) is 0.899. The number of carbonyl (C=O) groups is 1. The van der Waals surface area contributed by atoms with Crippen molar-refractivity contribution in [1.29, 1.82) is 0 Å². The van der Waals surface area contributed by atoms with Crippen molar-refractivity contribution in [3.05, 3.63) is 11.3 Å². The normalized spacial score (nSPS) is 13.6. The number of allylic oxidation sites excluding steroid dienone is 1. The van der Waals surface area contributed by atoms with E-state index in [-0.39, 0.29) is 6.42 Å². The Balaban J connectivity index is 5.19. The zero-order valence-corrected chi connectivity index (χ0v) is 7.20. The maximum absolute atomic E-state index is 12.1. The van der Waals surface area contributed by atoms with Crippen molar-refractivity contribution < 1.29 is 23.1 Å². The number of rotatable bonds is 3. The number of nitrogens with one attached hydrogen (secondary N) is 1. The Kier molecular flexibility index (Phi) is 3.77. The van der Waals surface area contributed by atoms with Gasteiger partial charge in [0, 0.05) is 7.05 Å². The van der Waals surface area contributed by atoms with Crippen molar-refractivity contribution >= 4 is 5.97 Å². The molecular formula is C7H10F3NO2. The van der Waals surface area contributed by atoms with Crippen LogP contribution in [0.2, 0.25) is 0 Å². The summed E-state index contributed by atoms with van der Waals surface area (Å²) in [5.74, 6) is -1.55. The predicted molar refractivity (Wildman–Crippen MR) is 40.1 cm³/mol. The largest absolute Gasteiger partial charge is 0.478 e. The summed E-state index contributed by atoms with van der Waals surface area (Å²) in [4.78, 5) is 10.4. The quantitative estimate of drug-likeness (QED) is 0.674. The molecule has 2 N–H and O–H groups in total. The van der Waals surface area contributed by atoms with Crippen LogP contribution in [0.25, 0.3) is 0 Å². The Morgan fingerprint density at radius 2 is 1.92 bits per heavy atom. The first-order valence-electron chi connectivity index (χ1n) is 3.56. The molecule has 0 unspecified atom stereocenters. The minimum absolute atomic E-state index is 0.176. The fraction of sp³-hybridized carbons (Fsp3) is 0.571. The van der Waals surface area contributed by atoms with Gasteiger partial charge in [0.05, 0.1) is 5.57 Å². The molecule has 76 valence electrons. The van der Waals surface area contributed by atoms with Crippen LogP contribution in [-0.2, 0) is 4.79 Å². The summed E-state index contributed by atoms with van der Waals surface area (Å²) in [6.45, 7) is 1.35. The first kappa shape index (κ1) is 11.8. The van der Waals surface area contributed by atoms with Gasteiger partial charge < -0.3 is 10.4 Å². The van der Waals surface area contributed by atoms with Crippen LogP contribution in [-0.4, -0.2) is 24.3 Å². The summed E-state index contributed by atoms with van der Waals surface area (Å²) >= 11 is 0. The molecule has 0 atom stereocenters. The Hall–Kier alpha value is -1.20. The number of alkyl halides is 3. The van der Waals surface area contributed by atoms with Crippen molar-refractivity contribution in [3.8, 4) is 0 Å². The molecule has 0 aromatic rings. The van der Waals surface area contributed by atoms with E-state index < -0.39 is 23.4 Å². The van der Waals surface area contributed by atoms with Gasteiger partial charge in [0.2, 0.25) is 0 Å². The van der Waals surface area contributed by atoms with Gasteiger partial charge in [0.15, 0.2) is 0 Å². The van der Waals surface area contributed by atoms with Crippen LogP contribution in [0.15, 0.2) is 11.3 Å². The van der Waals surface area contributed by atoms with Gasteiger partial charge in [-0.1, -0.05) is 6.92 Å². The molecule has 0 spiro atoms. The van der Waals surface area contributed by atoms with E-state index in [1.54, 1.807) is 0 Å². The van der Waals surface area contributed by atoms with Crippen LogP contribution >= 0.6 is 0 Å². The van der Waals surface area contributed by atoms with Crippen LogP contribution < -0.4 is 5.32 Å². The number of aliphatic carboxylic acids is 1. The van der Waals surface area contributed by atoms with Gasteiger partial charge in [0.1, 0.15) is 5.70 Å². The third-order valence-corrected chi connectivity index (χ3v) is 1.45. The van der Waals surface area contributed by atoms with E-state index in [0.29, 0.717) is 0 Å². The maximum Gasteiger partial charge on any atom is 0.431 e. The molecule has 0 rings (SSSR count). The first-order chi connectivity index (χ1) is 5.84. The topological polar surface area (TPSA) is 49.3 Å². The SMILES string of the molecule is CCC(C(=O)O)=C(NC)C(F)(F)F. The average Bonchev–Trinajstić information content (AvgIpc) is 1.96. The van der Waals surface area contributed by atoms with E-state index in [9.17, 15) is 18.0 Å². The minimum Gasteiger partial charge on any atom is -0.478 e. The van der Waals surface area contributed by atoms with Gasteiger partial charge in [0.25, 0.3) is 0 Å². The van der Waals surface area contributed by atoms with E-state index in [1.165, 1.54) is 6.92 Å². The van der Waals surface area contributed by atoms with Crippen molar-refractivity contribution in [3.63, 3.8) is 0 Å². The third-order valence-electron chi connectivity index (χ3n) is 1.45. The lowest BCUT2D eigenvalue weighted by molar-refractivity contribution is -0.134. The van der Waals surface area contributed by atoms with Crippen LogP contribution in [0.5, 0.6) is 0 Å². The lowest BCUT2D eigenvalue weighted by Gasteiger charge is -2.13. The average molecular weight is 197 g/mol. The summed E-state index contributed by atoms with van der Waals surface area (Å²) < 4.78 is 36.4. The van der Waals surface area contributed by atoms with Gasteiger partial charge >= 0.3 is 12.1 Å². The number of carboxylic acids is 1. The molecule has 0 bridgehead atoms. The van der Waals surface area contributed by atoms with E-state index in [0.717, 1.165) is 7.05 Å². The Bertz CT molecular complexity index is 232. The second kappa shape index (κ2) is 4.15. The third kappa shape index (κ3) is 2.96. The van der Waals surface area contributed by atoms with Gasteiger partial charge in [-0.05, 0) is 6.42 Å². The molecule has 0 saturated carbocycles. The molecule has 0 aliphatic rings. The number of hydrogen-bond donors (Lipinski definition) is 2. The molecule has 0 aromatic heterocycles. The molecular weight excluding hydrogens is 187 g/mol. The van der Waals surface area contributed by atoms with Gasteiger partial charge in [-0.15, -0.1) is 0 Å². The number of carboxylic acid groups (broad SMARTS) is 1. The minimum atomic E-state index is -4.64. The molecule has 3 nitrogen and oxygen atoms in total. The molecule has 0 radical (unpaired) electrons. The molecule has 0 heterocycles. The van der Waals surface area contributed by atoms with Crippen molar-refractivity contribution in [1.82, 2.24) is 5.32 Å². The molecule has 13 heavy (non-hydrogen) atoms. The first-order valence-corrected chi connectivity index (χ1v) is 3.56. The monoisotopic (exact) mass is 197 g/mol. The second-order valence-electron chi connectivity index (χ2n) is 2.26. The Morgan fingerprint density at radius 3 is 2.00 bits per heavy atom. The van der Waals surface area contributed by atoms with E-state index in [2.05, 4.69) is 0 Å². The van der Waals surface area contributed by atoms with E-state index >= 15 is 0 Å². The van der Waals surface area contributed by atoms with Gasteiger partial charge in [-0.3, -0.25) is 0 Å². The van der Waals surface area contributed by atoms with Crippen LogP contribution in [0.3, 0.4) is 0 Å². The summed E-state index contributed by atoms with van der Waals surface area (Å²) in [5.41, 5.74) is -1.85. The summed E-state index contributed by atoms with van der Waals surface area (Å²) in [6, 6.07) is 0. The highest BCUT2D eigenvalue weighted by Gasteiger charge is 2.36. The predicted octanol–water partition coefficient (Wildman–Crippen LogP) is 1.52. The fourth-order valence-corrected chi connectivity index (χ4v) is 0.899. The second-order valence-corrected chi connectivity index (χ2v) is 2.26. The molecule has 6 heteroatoms. The van der Waals surface area contributed by atoms with Gasteiger partial charge in [-0.2, -0.15) is 13.2 Å². The zero-order chi connectivity index (χ0) is 10.6. The lowest BCUT2D eigenvalue weighted by atomic mass is 10.1. The smallest absolute Gasteiger partial charge is 0.431 e. The van der Waals surface area contributed by atoms with E-state index in [4.69, 9.17) is 5.11 Å². The number of halogens is 3. The molecule has 0 saturated heterocycles. The summed E-state index contributed by atoms with van der Waals surface area (Å²) in [6.07, 6.45) is -4.82. The highest BCUT2D eigenvalue weighted by atomic mass is 19.4. The maximum atomic E-state index is 12.1. The molecule has 0 amide bonds. The number of hydrogen-bond acceptors (Lipinski definition) is 2. The van der Waals surface area contributed by atoms with Crippen LogP contribution in [0, 0.1) is 0 Å². The molecule has 0 aliphatic carbocycles. The molecule has 0 fully saturated rings. The lowest BCUT2D eigenvalue weighted by Crippen LogP contribution is -2.27. The standard InChI is InChI=1S/C7H10F3NO2/c1-3-4(6(12)13)5(11-2)7(8,9)10/h11H,3H2,1-2H3,(H,12,13). The van der Waals surface area contributed by atoms with Crippen LogP contribution in [0.4, 0.5) is 13.2 Å².